The van der Waals surface area contributed by atoms with E-state index in [1.54, 1.807) is 0 Å². The topological polar surface area (TPSA) is 9.23 Å². The van der Waals surface area contributed by atoms with E-state index in [4.69, 9.17) is 11.2 Å². The summed E-state index contributed by atoms with van der Waals surface area (Å²) in [5, 5.41) is 0. The Balaban J connectivity index is 2.09. The van der Waals surface area contributed by atoms with Gasteiger partial charge in [0, 0.05) is 19.6 Å². The fourth-order valence-corrected chi connectivity index (χ4v) is 1.32. The second kappa shape index (κ2) is 4.35. The van der Waals surface area contributed by atoms with Crippen LogP contribution in [-0.4, -0.2) is 13.2 Å². The molecule has 0 radical (unpaired) electrons. The molecule has 10 heavy (non-hydrogen) atoms. The van der Waals surface area contributed by atoms with Crippen LogP contribution in [0.3, 0.4) is 0 Å². The summed E-state index contributed by atoms with van der Waals surface area (Å²) < 4.78 is 5.31. The molecule has 0 N–H and O–H groups in total. The van der Waals surface area contributed by atoms with Gasteiger partial charge >= 0.3 is 0 Å². The summed E-state index contributed by atoms with van der Waals surface area (Å²) in [6, 6.07) is 0. The molecule has 56 valence electrons. The first kappa shape index (κ1) is 7.63. The monoisotopic (exact) mass is 138 g/mol. The maximum atomic E-state index is 5.31. The molecule has 1 heteroatoms. The van der Waals surface area contributed by atoms with Gasteiger partial charge in [-0.25, -0.2) is 0 Å². The first-order valence-corrected chi connectivity index (χ1v) is 3.94. The Bertz CT molecular complexity index is 117. The lowest BCUT2D eigenvalue weighted by molar-refractivity contribution is 0.0523. The van der Waals surface area contributed by atoms with Gasteiger partial charge in [-0.1, -0.05) is 0 Å². The molecule has 0 amide bonds. The van der Waals surface area contributed by atoms with Crippen molar-refractivity contribution in [3.8, 4) is 12.3 Å². The average molecular weight is 138 g/mol. The molecule has 1 unspecified atom stereocenters. The van der Waals surface area contributed by atoms with Crippen molar-refractivity contribution >= 4 is 0 Å². The van der Waals surface area contributed by atoms with Gasteiger partial charge in [-0.3, -0.25) is 0 Å². The molecule has 1 aliphatic heterocycles. The second-order valence-corrected chi connectivity index (χ2v) is 2.83. The number of hydrogen-bond acceptors (Lipinski definition) is 1. The molecule has 1 aliphatic rings. The van der Waals surface area contributed by atoms with Gasteiger partial charge in [0.05, 0.1) is 0 Å². The molecule has 0 saturated carbocycles. The number of terminal acetylenes is 1. The van der Waals surface area contributed by atoms with Crippen molar-refractivity contribution in [3.05, 3.63) is 0 Å². The molecule has 1 heterocycles. The normalized spacial score (nSPS) is 25.7. The summed E-state index contributed by atoms with van der Waals surface area (Å²) in [7, 11) is 0. The highest BCUT2D eigenvalue weighted by Gasteiger charge is 2.12. The molecule has 1 nitrogen and oxygen atoms in total. The van der Waals surface area contributed by atoms with Crippen LogP contribution in [0.1, 0.15) is 25.7 Å². The molecule has 1 atom stereocenters. The third-order valence-electron chi connectivity index (χ3n) is 1.95. The Hall–Kier alpha value is -0.480. The third-order valence-corrected chi connectivity index (χ3v) is 1.95. The standard InChI is InChI=1S/C9H14O/c1-2-3-5-9-6-4-7-10-8-9/h1,9H,3-8H2. The molecular weight excluding hydrogens is 124 g/mol. The molecule has 0 aromatic rings. The predicted octanol–water partition coefficient (Wildman–Crippen LogP) is 1.83. The molecular formula is C9H14O. The lowest BCUT2D eigenvalue weighted by atomic mass is 9.97. The maximum absolute atomic E-state index is 5.31. The van der Waals surface area contributed by atoms with Gasteiger partial charge in [0.2, 0.25) is 0 Å². The van der Waals surface area contributed by atoms with Gasteiger partial charge in [0.25, 0.3) is 0 Å². The first-order chi connectivity index (χ1) is 4.93. The van der Waals surface area contributed by atoms with E-state index >= 15 is 0 Å². The van der Waals surface area contributed by atoms with Crippen LogP contribution in [0.2, 0.25) is 0 Å². The summed E-state index contributed by atoms with van der Waals surface area (Å²) in [4.78, 5) is 0. The van der Waals surface area contributed by atoms with Gasteiger partial charge in [-0.05, 0) is 25.2 Å². The van der Waals surface area contributed by atoms with Gasteiger partial charge < -0.3 is 4.74 Å². The maximum Gasteiger partial charge on any atom is 0.0494 e. The Morgan fingerprint density at radius 2 is 2.50 bits per heavy atom. The lowest BCUT2D eigenvalue weighted by Crippen LogP contribution is -2.16. The summed E-state index contributed by atoms with van der Waals surface area (Å²) >= 11 is 0. The summed E-state index contributed by atoms with van der Waals surface area (Å²) in [5.41, 5.74) is 0. The number of hydrogen-bond donors (Lipinski definition) is 0. The van der Waals surface area contributed by atoms with Gasteiger partial charge in [0.15, 0.2) is 0 Å². The minimum atomic E-state index is 0.741. The van der Waals surface area contributed by atoms with Gasteiger partial charge in [0.1, 0.15) is 0 Å². The van der Waals surface area contributed by atoms with Crippen molar-refractivity contribution in [2.75, 3.05) is 13.2 Å². The van der Waals surface area contributed by atoms with Crippen LogP contribution >= 0.6 is 0 Å². The zero-order valence-electron chi connectivity index (χ0n) is 6.31. The second-order valence-electron chi connectivity index (χ2n) is 2.83. The number of rotatable bonds is 2. The Kier molecular flexibility index (Phi) is 3.32. The third kappa shape index (κ3) is 2.41. The van der Waals surface area contributed by atoms with Crippen molar-refractivity contribution < 1.29 is 4.74 Å². The predicted molar refractivity (Wildman–Crippen MR) is 41.6 cm³/mol. The smallest absolute Gasteiger partial charge is 0.0494 e. The largest absolute Gasteiger partial charge is 0.381 e. The van der Waals surface area contributed by atoms with Crippen LogP contribution in [0, 0.1) is 18.3 Å². The minimum absolute atomic E-state index is 0.741. The van der Waals surface area contributed by atoms with Crippen LogP contribution in [-0.2, 0) is 4.74 Å². The van der Waals surface area contributed by atoms with Gasteiger partial charge in [-0.2, -0.15) is 0 Å². The van der Waals surface area contributed by atoms with E-state index in [1.165, 1.54) is 12.8 Å². The van der Waals surface area contributed by atoms with Crippen molar-refractivity contribution in [1.29, 1.82) is 0 Å². The van der Waals surface area contributed by atoms with Gasteiger partial charge in [-0.15, -0.1) is 12.3 Å². The summed E-state index contributed by atoms with van der Waals surface area (Å²) in [6.07, 6.45) is 9.74. The van der Waals surface area contributed by atoms with E-state index in [-0.39, 0.29) is 0 Å². The fourth-order valence-electron chi connectivity index (χ4n) is 1.32. The van der Waals surface area contributed by atoms with Crippen molar-refractivity contribution in [1.82, 2.24) is 0 Å². The van der Waals surface area contributed by atoms with Crippen molar-refractivity contribution in [2.24, 2.45) is 5.92 Å². The van der Waals surface area contributed by atoms with E-state index in [1.807, 2.05) is 0 Å². The zero-order chi connectivity index (χ0) is 7.23. The lowest BCUT2D eigenvalue weighted by Gasteiger charge is -2.20. The van der Waals surface area contributed by atoms with E-state index in [0.29, 0.717) is 0 Å². The highest BCUT2D eigenvalue weighted by atomic mass is 16.5. The first-order valence-electron chi connectivity index (χ1n) is 3.94. The molecule has 1 rings (SSSR count). The van der Waals surface area contributed by atoms with E-state index in [2.05, 4.69) is 5.92 Å². The molecule has 1 fully saturated rings. The van der Waals surface area contributed by atoms with E-state index < -0.39 is 0 Å². The zero-order valence-corrected chi connectivity index (χ0v) is 6.31. The van der Waals surface area contributed by atoms with E-state index in [0.717, 1.165) is 32.0 Å². The molecule has 0 aromatic carbocycles. The molecule has 0 aromatic heterocycles. The quantitative estimate of drug-likeness (QED) is 0.529. The molecule has 0 bridgehead atoms. The van der Waals surface area contributed by atoms with Crippen LogP contribution in [0.15, 0.2) is 0 Å². The van der Waals surface area contributed by atoms with Crippen LogP contribution < -0.4 is 0 Å². The van der Waals surface area contributed by atoms with Crippen LogP contribution in [0.25, 0.3) is 0 Å². The Morgan fingerprint density at radius 1 is 1.60 bits per heavy atom. The molecule has 0 aliphatic carbocycles. The highest BCUT2D eigenvalue weighted by Crippen LogP contribution is 2.17. The van der Waals surface area contributed by atoms with Crippen LogP contribution in [0.4, 0.5) is 0 Å². The molecule has 1 saturated heterocycles. The fraction of sp³-hybridized carbons (Fsp3) is 0.778. The Labute approximate surface area is 62.8 Å². The van der Waals surface area contributed by atoms with Crippen molar-refractivity contribution in [3.63, 3.8) is 0 Å². The summed E-state index contributed by atoms with van der Waals surface area (Å²) in [5.74, 6) is 3.40. The van der Waals surface area contributed by atoms with Crippen molar-refractivity contribution in [2.45, 2.75) is 25.7 Å². The summed E-state index contributed by atoms with van der Waals surface area (Å²) in [6.45, 7) is 1.88. The molecule has 0 spiro atoms. The van der Waals surface area contributed by atoms with Crippen LogP contribution in [0.5, 0.6) is 0 Å². The SMILES string of the molecule is C#CCCC1CCCOC1. The number of ether oxygens (including phenoxy) is 1. The van der Waals surface area contributed by atoms with E-state index in [9.17, 15) is 0 Å². The Morgan fingerprint density at radius 3 is 3.10 bits per heavy atom. The minimum Gasteiger partial charge on any atom is -0.381 e. The average Bonchev–Trinajstić information content (AvgIpc) is 2.03. The highest BCUT2D eigenvalue weighted by molar-refractivity contribution is 4.84.